The predicted octanol–water partition coefficient (Wildman–Crippen LogP) is 4.15. The van der Waals surface area contributed by atoms with Crippen LogP contribution in [0.15, 0.2) is 41.5 Å². The van der Waals surface area contributed by atoms with E-state index in [1.807, 2.05) is 0 Å². The van der Waals surface area contributed by atoms with Crippen LogP contribution < -0.4 is 10.5 Å². The van der Waals surface area contributed by atoms with Crippen molar-refractivity contribution in [3.05, 3.63) is 53.5 Å². The average Bonchev–Trinajstić information content (AvgIpc) is 2.62. The van der Waals surface area contributed by atoms with E-state index < -0.39 is 48.3 Å². The summed E-state index contributed by atoms with van der Waals surface area (Å²) in [5, 5.41) is 0. The maximum Gasteiger partial charge on any atom is 0.425 e. The second-order valence-electron chi connectivity index (χ2n) is 6.38. The third kappa shape index (κ3) is 4.00. The largest absolute Gasteiger partial charge is 0.452 e. The molecular formula is C18H16F5N3O2. The number of aromatic nitrogens is 1. The van der Waals surface area contributed by atoms with Crippen molar-refractivity contribution in [1.29, 1.82) is 0 Å². The predicted molar refractivity (Wildman–Crippen MR) is 90.3 cm³/mol. The van der Waals surface area contributed by atoms with Crippen molar-refractivity contribution < 1.29 is 31.4 Å². The van der Waals surface area contributed by atoms with Crippen LogP contribution in [-0.2, 0) is 10.3 Å². The lowest BCUT2D eigenvalue weighted by atomic mass is 9.84. The number of ether oxygens (including phenoxy) is 2. The van der Waals surface area contributed by atoms with Gasteiger partial charge < -0.3 is 15.2 Å². The molecule has 1 aromatic heterocycles. The van der Waals surface area contributed by atoms with E-state index in [2.05, 4.69) is 14.7 Å². The molecule has 0 saturated heterocycles. The summed E-state index contributed by atoms with van der Waals surface area (Å²) in [6, 6.07) is 5.78. The summed E-state index contributed by atoms with van der Waals surface area (Å²) in [6.45, 7) is 0.395. The van der Waals surface area contributed by atoms with Crippen molar-refractivity contribution in [2.45, 2.75) is 31.2 Å². The lowest BCUT2D eigenvalue weighted by molar-refractivity contribution is -0.209. The number of nitrogens with two attached hydrogens (primary N) is 1. The lowest BCUT2D eigenvalue weighted by Crippen LogP contribution is -2.48. The number of benzene rings is 1. The van der Waals surface area contributed by atoms with Gasteiger partial charge in [0.25, 0.3) is 6.02 Å². The Bertz CT molecular complexity index is 903. The summed E-state index contributed by atoms with van der Waals surface area (Å²) in [5.74, 6) is -0.692. The molecule has 5 nitrogen and oxygen atoms in total. The fourth-order valence-electron chi connectivity index (χ4n) is 2.90. The highest BCUT2D eigenvalue weighted by molar-refractivity contribution is 5.73. The SMILES string of the molecule is Cc1ccnc(Oc2ccc(F)c([C@]3(CF)C[C@@H](C(F)(F)F)OC(N)=N3)c2)c1. The van der Waals surface area contributed by atoms with E-state index >= 15 is 0 Å². The van der Waals surface area contributed by atoms with Crippen molar-refractivity contribution in [2.24, 2.45) is 10.7 Å². The Hall–Kier alpha value is -2.91. The Labute approximate surface area is 157 Å². The smallest absolute Gasteiger partial charge is 0.425 e. The normalized spacial score (nSPS) is 22.4. The van der Waals surface area contributed by atoms with Crippen LogP contribution in [0.1, 0.15) is 17.5 Å². The summed E-state index contributed by atoms with van der Waals surface area (Å²) in [7, 11) is 0. The molecule has 2 atom stereocenters. The summed E-state index contributed by atoms with van der Waals surface area (Å²) < 4.78 is 77.8. The molecule has 0 bridgehead atoms. The number of amidine groups is 1. The summed E-state index contributed by atoms with van der Waals surface area (Å²) in [4.78, 5) is 7.66. The Balaban J connectivity index is 2.01. The zero-order valence-corrected chi connectivity index (χ0v) is 14.6. The van der Waals surface area contributed by atoms with Gasteiger partial charge in [0, 0.05) is 24.2 Å². The molecule has 28 heavy (non-hydrogen) atoms. The van der Waals surface area contributed by atoms with Gasteiger partial charge in [-0.3, -0.25) is 0 Å². The van der Waals surface area contributed by atoms with Crippen LogP contribution in [0.2, 0.25) is 0 Å². The van der Waals surface area contributed by atoms with Gasteiger partial charge in [0.15, 0.2) is 6.10 Å². The third-order valence-electron chi connectivity index (χ3n) is 4.25. The first-order chi connectivity index (χ1) is 13.1. The topological polar surface area (TPSA) is 69.7 Å². The van der Waals surface area contributed by atoms with Gasteiger partial charge in [-0.1, -0.05) is 0 Å². The first-order valence-electron chi connectivity index (χ1n) is 8.18. The molecule has 3 rings (SSSR count). The highest BCUT2D eigenvalue weighted by atomic mass is 19.4. The van der Waals surface area contributed by atoms with E-state index in [1.54, 1.807) is 19.1 Å². The standard InChI is InChI=1S/C18H16F5N3O2/c1-10-4-5-25-15(6-10)27-11-2-3-13(20)12(7-11)17(9-19)8-14(18(21,22)23)28-16(24)26-17/h2-7,14H,8-9H2,1H3,(H2,24,26)/t14-,17+/m0/s1. The van der Waals surface area contributed by atoms with Gasteiger partial charge in [0.2, 0.25) is 5.88 Å². The maximum absolute atomic E-state index is 14.5. The molecule has 10 heteroatoms. The summed E-state index contributed by atoms with van der Waals surface area (Å²) >= 11 is 0. The van der Waals surface area contributed by atoms with Gasteiger partial charge in [-0.25, -0.2) is 18.8 Å². The minimum absolute atomic E-state index is 0.0612. The molecule has 1 aliphatic rings. The molecular weight excluding hydrogens is 385 g/mol. The molecule has 2 heterocycles. The van der Waals surface area contributed by atoms with E-state index in [0.29, 0.717) is 0 Å². The van der Waals surface area contributed by atoms with E-state index in [9.17, 15) is 22.0 Å². The Morgan fingerprint density at radius 2 is 2.04 bits per heavy atom. The Kier molecular flexibility index (Phi) is 5.14. The molecule has 0 saturated carbocycles. The van der Waals surface area contributed by atoms with Gasteiger partial charge in [0.05, 0.1) is 0 Å². The first kappa shape index (κ1) is 19.8. The zero-order chi connectivity index (χ0) is 20.5. The monoisotopic (exact) mass is 401 g/mol. The number of halogens is 5. The maximum atomic E-state index is 14.5. The van der Waals surface area contributed by atoms with Gasteiger partial charge in [-0.15, -0.1) is 0 Å². The van der Waals surface area contributed by atoms with Gasteiger partial charge >= 0.3 is 6.18 Å². The van der Waals surface area contributed by atoms with Crippen molar-refractivity contribution in [3.63, 3.8) is 0 Å². The van der Waals surface area contributed by atoms with Crippen molar-refractivity contribution >= 4 is 6.02 Å². The molecule has 1 aliphatic heterocycles. The molecule has 0 amide bonds. The van der Waals surface area contributed by atoms with E-state index in [4.69, 9.17) is 10.5 Å². The van der Waals surface area contributed by atoms with Crippen molar-refractivity contribution in [2.75, 3.05) is 6.67 Å². The molecule has 0 fully saturated rings. The van der Waals surface area contributed by atoms with Crippen LogP contribution in [0, 0.1) is 12.7 Å². The number of rotatable bonds is 4. The molecule has 1 aromatic carbocycles. The number of alkyl halides is 4. The molecule has 0 spiro atoms. The van der Waals surface area contributed by atoms with E-state index in [-0.39, 0.29) is 11.6 Å². The zero-order valence-electron chi connectivity index (χ0n) is 14.6. The number of hydrogen-bond acceptors (Lipinski definition) is 5. The molecule has 0 radical (unpaired) electrons. The van der Waals surface area contributed by atoms with Crippen LogP contribution in [0.4, 0.5) is 22.0 Å². The second kappa shape index (κ2) is 7.25. The summed E-state index contributed by atoms with van der Waals surface area (Å²) in [5.41, 5.74) is 3.58. The van der Waals surface area contributed by atoms with Crippen molar-refractivity contribution in [1.82, 2.24) is 4.98 Å². The minimum Gasteiger partial charge on any atom is -0.452 e. The number of nitrogens with zero attached hydrogens (tertiary/aromatic N) is 2. The average molecular weight is 401 g/mol. The Morgan fingerprint density at radius 1 is 1.29 bits per heavy atom. The molecule has 150 valence electrons. The quantitative estimate of drug-likeness (QED) is 0.782. The first-order valence-corrected chi connectivity index (χ1v) is 8.18. The van der Waals surface area contributed by atoms with Crippen LogP contribution >= 0.6 is 0 Å². The minimum atomic E-state index is -4.82. The highest BCUT2D eigenvalue weighted by Gasteiger charge is 2.52. The molecule has 2 N–H and O–H groups in total. The van der Waals surface area contributed by atoms with Crippen LogP contribution in [0.3, 0.4) is 0 Å². The highest BCUT2D eigenvalue weighted by Crippen LogP contribution is 2.42. The summed E-state index contributed by atoms with van der Waals surface area (Å²) in [6.07, 6.45) is -6.70. The molecule has 0 unspecified atom stereocenters. The van der Waals surface area contributed by atoms with E-state index in [1.165, 1.54) is 12.3 Å². The van der Waals surface area contributed by atoms with Gasteiger partial charge in [0.1, 0.15) is 23.8 Å². The van der Waals surface area contributed by atoms with Crippen LogP contribution in [-0.4, -0.2) is 30.0 Å². The second-order valence-corrected chi connectivity index (χ2v) is 6.38. The number of hydrogen-bond donors (Lipinski definition) is 1. The number of aryl methyl sites for hydroxylation is 1. The third-order valence-corrected chi connectivity index (χ3v) is 4.25. The van der Waals surface area contributed by atoms with Gasteiger partial charge in [-0.2, -0.15) is 13.2 Å². The molecule has 0 aliphatic carbocycles. The van der Waals surface area contributed by atoms with Crippen molar-refractivity contribution in [3.8, 4) is 11.6 Å². The van der Waals surface area contributed by atoms with Crippen LogP contribution in [0.25, 0.3) is 0 Å². The Morgan fingerprint density at radius 3 is 2.68 bits per heavy atom. The fraction of sp³-hybridized carbons (Fsp3) is 0.333. The van der Waals surface area contributed by atoms with E-state index in [0.717, 1.165) is 17.7 Å². The molecule has 2 aromatic rings. The lowest BCUT2D eigenvalue weighted by Gasteiger charge is -2.36. The van der Waals surface area contributed by atoms with Crippen LogP contribution in [0.5, 0.6) is 11.6 Å². The number of aliphatic imine (C=N–C) groups is 1. The number of pyridine rings is 1. The fourth-order valence-corrected chi connectivity index (χ4v) is 2.90. The van der Waals surface area contributed by atoms with Gasteiger partial charge in [-0.05, 0) is 36.8 Å².